The predicted molar refractivity (Wildman–Crippen MR) is 29.9 cm³/mol. The van der Waals surface area contributed by atoms with Crippen LogP contribution in [-0.4, -0.2) is 24.8 Å². The number of rotatable bonds is 2. The van der Waals surface area contributed by atoms with Gasteiger partial charge in [-0.15, -0.1) is 5.10 Å². The summed E-state index contributed by atoms with van der Waals surface area (Å²) in [5.74, 6) is 0. The highest BCUT2D eigenvalue weighted by molar-refractivity contribution is 5.46. The molecule has 1 aliphatic rings. The smallest absolute Gasteiger partial charge is 0.196 e. The van der Waals surface area contributed by atoms with Crippen molar-refractivity contribution in [2.24, 2.45) is 5.10 Å². The fourth-order valence-corrected chi connectivity index (χ4v) is 0.441. The number of nitrogens with one attached hydrogen (secondary N) is 1. The van der Waals surface area contributed by atoms with Gasteiger partial charge in [-0.1, -0.05) is 0 Å². The molecule has 5 nitrogen and oxygen atoms in total. The van der Waals surface area contributed by atoms with Crippen molar-refractivity contribution in [2.45, 2.75) is 0 Å². The summed E-state index contributed by atoms with van der Waals surface area (Å²) in [6.45, 7) is 0.627. The van der Waals surface area contributed by atoms with Gasteiger partial charge in [-0.25, -0.2) is 5.43 Å². The number of ether oxygens (including phenoxy) is 1. The standard InChI is InChI=1S/C4H6N4O/c5-1-2-6-8-4-9-3-7-8/h3,6H,2,4H2. The van der Waals surface area contributed by atoms with Gasteiger partial charge in [0.25, 0.3) is 0 Å². The molecule has 0 aromatic rings. The molecule has 0 atom stereocenters. The normalized spacial score (nSPS) is 15.2. The maximum Gasteiger partial charge on any atom is 0.196 e. The van der Waals surface area contributed by atoms with E-state index in [0.29, 0.717) is 6.73 Å². The Labute approximate surface area is 52.5 Å². The molecule has 48 valence electrons. The topological polar surface area (TPSA) is 60.7 Å². The van der Waals surface area contributed by atoms with E-state index in [1.165, 1.54) is 11.5 Å². The van der Waals surface area contributed by atoms with Crippen LogP contribution >= 0.6 is 0 Å². The third-order valence-corrected chi connectivity index (χ3v) is 0.799. The summed E-state index contributed by atoms with van der Waals surface area (Å²) in [6.07, 6.45) is 1.32. The Bertz CT molecular complexity index is 149. The van der Waals surface area contributed by atoms with Crippen LogP contribution < -0.4 is 5.43 Å². The molecular weight excluding hydrogens is 120 g/mol. The van der Waals surface area contributed by atoms with Crippen LogP contribution in [0.3, 0.4) is 0 Å². The summed E-state index contributed by atoms with van der Waals surface area (Å²) >= 11 is 0. The van der Waals surface area contributed by atoms with Gasteiger partial charge in [0.15, 0.2) is 13.1 Å². The zero-order valence-electron chi connectivity index (χ0n) is 4.74. The van der Waals surface area contributed by atoms with Crippen LogP contribution in [0.25, 0.3) is 0 Å². The third-order valence-electron chi connectivity index (χ3n) is 0.799. The van der Waals surface area contributed by atoms with E-state index in [0.717, 1.165) is 0 Å². The number of hydrazine groups is 1. The molecule has 0 spiro atoms. The van der Waals surface area contributed by atoms with E-state index in [1.807, 2.05) is 6.07 Å². The third kappa shape index (κ3) is 1.58. The van der Waals surface area contributed by atoms with Gasteiger partial charge in [0, 0.05) is 0 Å². The highest BCUT2D eigenvalue weighted by Crippen LogP contribution is 1.89. The van der Waals surface area contributed by atoms with Crippen LogP contribution in [0, 0.1) is 11.3 Å². The number of nitriles is 1. The van der Waals surface area contributed by atoms with Crippen molar-refractivity contribution in [1.29, 1.82) is 5.26 Å². The van der Waals surface area contributed by atoms with Gasteiger partial charge in [-0.3, -0.25) is 0 Å². The van der Waals surface area contributed by atoms with Gasteiger partial charge in [-0.05, 0) is 0 Å². The van der Waals surface area contributed by atoms with Crippen LogP contribution in [0.1, 0.15) is 0 Å². The van der Waals surface area contributed by atoms with E-state index >= 15 is 0 Å². The minimum absolute atomic E-state index is 0.251. The molecule has 0 saturated heterocycles. The summed E-state index contributed by atoms with van der Waals surface area (Å²) in [5.41, 5.74) is 2.68. The summed E-state index contributed by atoms with van der Waals surface area (Å²) in [6, 6.07) is 1.91. The fraction of sp³-hybridized carbons (Fsp3) is 0.500. The van der Waals surface area contributed by atoms with E-state index in [-0.39, 0.29) is 6.54 Å². The molecule has 1 N–H and O–H groups in total. The molecule has 1 heterocycles. The molecule has 0 amide bonds. The van der Waals surface area contributed by atoms with E-state index in [4.69, 9.17) is 10.00 Å². The number of hydrogen-bond acceptors (Lipinski definition) is 5. The summed E-state index contributed by atoms with van der Waals surface area (Å²) in [7, 11) is 0. The minimum Gasteiger partial charge on any atom is -0.458 e. The molecule has 0 saturated carbocycles. The Morgan fingerprint density at radius 2 is 2.89 bits per heavy atom. The van der Waals surface area contributed by atoms with Crippen molar-refractivity contribution in [3.63, 3.8) is 0 Å². The molecule has 1 rings (SSSR count). The Morgan fingerprint density at radius 3 is 3.44 bits per heavy atom. The second-order valence-electron chi connectivity index (χ2n) is 1.41. The Kier molecular flexibility index (Phi) is 1.88. The van der Waals surface area contributed by atoms with Crippen LogP contribution in [0.5, 0.6) is 0 Å². The zero-order chi connectivity index (χ0) is 6.53. The summed E-state index contributed by atoms with van der Waals surface area (Å²) in [5, 5.41) is 13.2. The number of nitrogens with zero attached hydrogens (tertiary/aromatic N) is 3. The summed E-state index contributed by atoms with van der Waals surface area (Å²) < 4.78 is 4.72. The van der Waals surface area contributed by atoms with Crippen molar-refractivity contribution in [2.75, 3.05) is 13.3 Å². The lowest BCUT2D eigenvalue weighted by Gasteiger charge is -2.08. The average Bonchev–Trinajstić information content (AvgIpc) is 2.34. The molecule has 0 bridgehead atoms. The molecule has 0 unspecified atom stereocenters. The highest BCUT2D eigenvalue weighted by atomic mass is 16.5. The zero-order valence-corrected chi connectivity index (χ0v) is 4.74. The predicted octanol–water partition coefficient (Wildman–Crippen LogP) is -0.752. The fourth-order valence-electron chi connectivity index (χ4n) is 0.441. The van der Waals surface area contributed by atoms with Gasteiger partial charge < -0.3 is 4.74 Å². The van der Waals surface area contributed by atoms with Crippen molar-refractivity contribution < 1.29 is 4.74 Å². The lowest BCUT2D eigenvalue weighted by atomic mass is 10.8. The molecule has 5 heteroatoms. The maximum absolute atomic E-state index is 8.09. The molecular formula is C4H6N4O. The molecule has 0 aromatic heterocycles. The largest absolute Gasteiger partial charge is 0.458 e. The lowest BCUT2D eigenvalue weighted by molar-refractivity contribution is 0.123. The first-order chi connectivity index (χ1) is 4.43. The van der Waals surface area contributed by atoms with Crippen molar-refractivity contribution in [1.82, 2.24) is 10.5 Å². The minimum atomic E-state index is 0.251. The van der Waals surface area contributed by atoms with Crippen molar-refractivity contribution in [3.05, 3.63) is 0 Å². The number of hydrogen-bond donors (Lipinski definition) is 1. The van der Waals surface area contributed by atoms with Gasteiger partial charge in [0.05, 0.1) is 6.07 Å². The van der Waals surface area contributed by atoms with E-state index in [9.17, 15) is 0 Å². The highest BCUT2D eigenvalue weighted by Gasteiger charge is 2.02. The second-order valence-corrected chi connectivity index (χ2v) is 1.41. The van der Waals surface area contributed by atoms with E-state index < -0.39 is 0 Å². The Hall–Kier alpha value is -1.28. The quantitative estimate of drug-likeness (QED) is 0.494. The SMILES string of the molecule is N#CCNN1COC=N1. The van der Waals surface area contributed by atoms with Gasteiger partial charge in [0.2, 0.25) is 0 Å². The first-order valence-corrected chi connectivity index (χ1v) is 2.45. The van der Waals surface area contributed by atoms with Crippen molar-refractivity contribution >= 4 is 6.40 Å². The first kappa shape index (κ1) is 5.85. The molecule has 0 aromatic carbocycles. The Morgan fingerprint density at radius 1 is 2.00 bits per heavy atom. The second kappa shape index (κ2) is 2.89. The van der Waals surface area contributed by atoms with E-state index in [2.05, 4.69) is 10.5 Å². The molecule has 0 radical (unpaired) electrons. The first-order valence-electron chi connectivity index (χ1n) is 2.45. The maximum atomic E-state index is 8.09. The molecule has 0 fully saturated rings. The van der Waals surface area contributed by atoms with Crippen LogP contribution in [-0.2, 0) is 4.74 Å². The van der Waals surface area contributed by atoms with Gasteiger partial charge >= 0.3 is 0 Å². The molecule has 9 heavy (non-hydrogen) atoms. The van der Waals surface area contributed by atoms with Crippen LogP contribution in [0.15, 0.2) is 5.10 Å². The van der Waals surface area contributed by atoms with Gasteiger partial charge in [-0.2, -0.15) is 10.4 Å². The Balaban J connectivity index is 2.14. The van der Waals surface area contributed by atoms with Crippen molar-refractivity contribution in [3.8, 4) is 6.07 Å². The lowest BCUT2D eigenvalue weighted by Crippen LogP contribution is -2.32. The molecule has 0 aliphatic carbocycles. The van der Waals surface area contributed by atoms with Crippen LogP contribution in [0.4, 0.5) is 0 Å². The van der Waals surface area contributed by atoms with Gasteiger partial charge in [0.1, 0.15) is 6.54 Å². The monoisotopic (exact) mass is 126 g/mol. The average molecular weight is 126 g/mol. The molecule has 1 aliphatic heterocycles. The van der Waals surface area contributed by atoms with E-state index in [1.54, 1.807) is 0 Å². The number of hydrazone groups is 1. The van der Waals surface area contributed by atoms with Crippen LogP contribution in [0.2, 0.25) is 0 Å². The summed E-state index contributed by atoms with van der Waals surface area (Å²) in [4.78, 5) is 0.